The second kappa shape index (κ2) is 10.1. The summed E-state index contributed by atoms with van der Waals surface area (Å²) in [6.07, 6.45) is 3.26. The number of benzene rings is 2. The molecule has 1 aromatic heterocycles. The molecule has 3 aromatic rings. The molecular weight excluding hydrogens is 445 g/mol. The number of carbonyl (C=O) groups is 1. The molecule has 0 atom stereocenters. The van der Waals surface area contributed by atoms with E-state index in [0.29, 0.717) is 0 Å². The van der Waals surface area contributed by atoms with Gasteiger partial charge in [0.1, 0.15) is 5.82 Å². The van der Waals surface area contributed by atoms with Crippen molar-refractivity contribution in [3.63, 3.8) is 0 Å². The van der Waals surface area contributed by atoms with Crippen LogP contribution in [-0.4, -0.2) is 15.6 Å². The molecule has 0 aliphatic carbocycles. The second-order valence-corrected chi connectivity index (χ2v) is 7.98. The summed E-state index contributed by atoms with van der Waals surface area (Å²) in [6.45, 7) is 6.12. The molecule has 3 rings (SSSR count). The molecule has 2 aromatic carbocycles. The summed E-state index contributed by atoms with van der Waals surface area (Å²) in [5.74, 6) is -1.04. The highest BCUT2D eigenvalue weighted by Gasteiger charge is 2.17. The number of carboxylic acid groups (broad SMARTS) is 1. The van der Waals surface area contributed by atoms with Crippen molar-refractivity contribution >= 4 is 44.4 Å². The van der Waals surface area contributed by atoms with Gasteiger partial charge in [0.2, 0.25) is 0 Å². The van der Waals surface area contributed by atoms with Gasteiger partial charge in [-0.1, -0.05) is 37.1 Å². The molecule has 0 aliphatic heterocycles. The fourth-order valence-corrected chi connectivity index (χ4v) is 4.00. The molecule has 0 aliphatic rings. The highest BCUT2D eigenvalue weighted by Crippen LogP contribution is 2.34. The van der Waals surface area contributed by atoms with Gasteiger partial charge in [-0.3, -0.25) is 4.79 Å². The number of unbranched alkanes of at least 4 members (excludes halogenated alkanes) is 1. The molecule has 0 spiro atoms. The van der Waals surface area contributed by atoms with Crippen LogP contribution in [0.25, 0.3) is 10.9 Å². The summed E-state index contributed by atoms with van der Waals surface area (Å²) in [4.78, 5) is 9.00. The second-order valence-electron chi connectivity index (χ2n) is 6.69. The Hall–Kier alpha value is -1.85. The van der Waals surface area contributed by atoms with E-state index in [2.05, 4.69) is 34.3 Å². The molecule has 150 valence electrons. The van der Waals surface area contributed by atoms with Crippen LogP contribution in [0.3, 0.4) is 0 Å². The number of aromatic nitrogens is 1. The number of halogens is 3. The van der Waals surface area contributed by atoms with Crippen molar-refractivity contribution < 1.29 is 14.3 Å². The van der Waals surface area contributed by atoms with Crippen LogP contribution in [0.15, 0.2) is 40.9 Å². The Morgan fingerprint density at radius 3 is 2.43 bits per heavy atom. The van der Waals surface area contributed by atoms with Crippen molar-refractivity contribution in [2.24, 2.45) is 0 Å². The first-order valence-electron chi connectivity index (χ1n) is 9.15. The Balaban J connectivity index is 0.000000640. The van der Waals surface area contributed by atoms with E-state index in [4.69, 9.17) is 21.5 Å². The number of nitrogens with zero attached hydrogens (tertiary/aromatic N) is 1. The van der Waals surface area contributed by atoms with Crippen LogP contribution in [0.4, 0.5) is 4.39 Å². The van der Waals surface area contributed by atoms with Crippen molar-refractivity contribution in [3.05, 3.63) is 68.5 Å². The van der Waals surface area contributed by atoms with Crippen LogP contribution in [0.5, 0.6) is 0 Å². The lowest BCUT2D eigenvalue weighted by molar-refractivity contribution is -0.134. The summed E-state index contributed by atoms with van der Waals surface area (Å²) in [5, 5.41) is 9.14. The molecule has 6 heteroatoms. The van der Waals surface area contributed by atoms with Crippen LogP contribution < -0.4 is 0 Å². The molecule has 0 radical (unpaired) electrons. The van der Waals surface area contributed by atoms with E-state index in [0.717, 1.165) is 53.1 Å². The van der Waals surface area contributed by atoms with Crippen LogP contribution in [0.1, 0.15) is 43.5 Å². The summed E-state index contributed by atoms with van der Waals surface area (Å²) in [5.41, 5.74) is 4.71. The Morgan fingerprint density at radius 1 is 1.25 bits per heavy atom. The van der Waals surface area contributed by atoms with Crippen molar-refractivity contribution in [1.29, 1.82) is 0 Å². The first-order valence-corrected chi connectivity index (χ1v) is 10.3. The van der Waals surface area contributed by atoms with E-state index < -0.39 is 5.97 Å². The summed E-state index contributed by atoms with van der Waals surface area (Å²) in [6, 6.07) is 11.1. The zero-order valence-corrected chi connectivity index (χ0v) is 18.6. The Bertz CT molecular complexity index is 963. The SMILES string of the molecule is CC(=O)O.CCCCc1c(C)c2cc(F)cc(Br)c2n1Cc1ccc(Cl)cc1. The average Bonchev–Trinajstić information content (AvgIpc) is 2.86. The minimum absolute atomic E-state index is 0.205. The van der Waals surface area contributed by atoms with Crippen LogP contribution in [-0.2, 0) is 17.8 Å². The van der Waals surface area contributed by atoms with Gasteiger partial charge in [-0.15, -0.1) is 0 Å². The lowest BCUT2D eigenvalue weighted by Gasteiger charge is -2.13. The first kappa shape index (κ1) is 22.4. The van der Waals surface area contributed by atoms with Crippen molar-refractivity contribution in [1.82, 2.24) is 4.57 Å². The number of fused-ring (bicyclic) bond motifs is 1. The molecule has 3 nitrogen and oxygen atoms in total. The Kier molecular flexibility index (Phi) is 8.08. The number of rotatable bonds is 5. The topological polar surface area (TPSA) is 42.2 Å². The summed E-state index contributed by atoms with van der Waals surface area (Å²) < 4.78 is 17.0. The van der Waals surface area contributed by atoms with Crippen molar-refractivity contribution in [2.45, 2.75) is 46.6 Å². The molecule has 28 heavy (non-hydrogen) atoms. The number of aliphatic carboxylic acids is 1. The van der Waals surface area contributed by atoms with E-state index in [1.165, 1.54) is 16.8 Å². The normalized spacial score (nSPS) is 10.6. The van der Waals surface area contributed by atoms with Gasteiger partial charge in [0.25, 0.3) is 5.97 Å². The lowest BCUT2D eigenvalue weighted by atomic mass is 10.1. The van der Waals surface area contributed by atoms with E-state index in [9.17, 15) is 4.39 Å². The molecule has 0 fully saturated rings. The molecule has 0 saturated carbocycles. The van der Waals surface area contributed by atoms with Crippen LogP contribution in [0.2, 0.25) is 5.02 Å². The van der Waals surface area contributed by atoms with Gasteiger partial charge in [0.05, 0.1) is 5.52 Å². The standard InChI is InChI=1S/C20H20BrClFN.C2H4O2/c1-3-4-5-19-13(2)17-10-16(23)11-18(21)20(17)24(19)12-14-6-8-15(22)9-7-14;1-2(3)4/h6-11H,3-5,12H2,1-2H3;1H3,(H,3,4). The monoisotopic (exact) mass is 467 g/mol. The zero-order valence-electron chi connectivity index (χ0n) is 16.2. The minimum Gasteiger partial charge on any atom is -0.481 e. The van der Waals surface area contributed by atoms with E-state index in [1.54, 1.807) is 12.1 Å². The molecule has 1 N–H and O–H groups in total. The molecule has 1 heterocycles. The summed E-state index contributed by atoms with van der Waals surface area (Å²) >= 11 is 9.56. The summed E-state index contributed by atoms with van der Waals surface area (Å²) in [7, 11) is 0. The van der Waals surface area contributed by atoms with E-state index >= 15 is 0 Å². The molecular formula is C22H24BrClFNO2. The fraction of sp³-hybridized carbons (Fsp3) is 0.318. The molecule has 0 saturated heterocycles. The quantitative estimate of drug-likeness (QED) is 0.438. The first-order chi connectivity index (χ1) is 13.2. The number of aryl methyl sites for hydroxylation is 1. The molecule has 0 unspecified atom stereocenters. The van der Waals surface area contributed by atoms with Gasteiger partial charge in [-0.2, -0.15) is 0 Å². The number of hydrogen-bond donors (Lipinski definition) is 1. The average molecular weight is 469 g/mol. The highest BCUT2D eigenvalue weighted by molar-refractivity contribution is 9.10. The number of hydrogen-bond acceptors (Lipinski definition) is 1. The Morgan fingerprint density at radius 2 is 1.86 bits per heavy atom. The van der Waals surface area contributed by atoms with Gasteiger partial charge < -0.3 is 9.67 Å². The zero-order chi connectivity index (χ0) is 20.8. The minimum atomic E-state index is -0.833. The van der Waals surface area contributed by atoms with Gasteiger partial charge in [-0.05, 0) is 71.1 Å². The predicted octanol–water partition coefficient (Wildman–Crippen LogP) is 6.99. The van der Waals surface area contributed by atoms with Crippen LogP contribution >= 0.6 is 27.5 Å². The van der Waals surface area contributed by atoms with Gasteiger partial charge in [0.15, 0.2) is 0 Å². The largest absolute Gasteiger partial charge is 0.481 e. The van der Waals surface area contributed by atoms with Crippen molar-refractivity contribution in [2.75, 3.05) is 0 Å². The number of carboxylic acids is 1. The molecule has 0 bridgehead atoms. The van der Waals surface area contributed by atoms with Gasteiger partial charge in [-0.25, -0.2) is 4.39 Å². The van der Waals surface area contributed by atoms with Crippen molar-refractivity contribution in [3.8, 4) is 0 Å². The predicted molar refractivity (Wildman–Crippen MR) is 117 cm³/mol. The third-order valence-corrected chi connectivity index (χ3v) is 5.34. The highest BCUT2D eigenvalue weighted by atomic mass is 79.9. The third-order valence-electron chi connectivity index (χ3n) is 4.48. The van der Waals surface area contributed by atoms with Gasteiger partial charge >= 0.3 is 0 Å². The van der Waals surface area contributed by atoms with E-state index in [1.807, 2.05) is 24.3 Å². The maximum atomic E-state index is 13.9. The fourth-order valence-electron chi connectivity index (χ4n) is 3.23. The molecule has 0 amide bonds. The third kappa shape index (κ3) is 5.58. The van der Waals surface area contributed by atoms with E-state index in [-0.39, 0.29) is 5.82 Å². The lowest BCUT2D eigenvalue weighted by Crippen LogP contribution is -2.05. The Labute approximate surface area is 178 Å². The maximum absolute atomic E-state index is 13.9. The maximum Gasteiger partial charge on any atom is 0.300 e. The van der Waals surface area contributed by atoms with Gasteiger partial charge in [0, 0.05) is 34.0 Å². The van der Waals surface area contributed by atoms with Crippen LogP contribution in [0, 0.1) is 12.7 Å². The smallest absolute Gasteiger partial charge is 0.300 e.